The molecular formula is C20H15ClF9N2O3S-. The van der Waals surface area contributed by atoms with E-state index in [0.717, 1.165) is 18.2 Å². The van der Waals surface area contributed by atoms with Gasteiger partial charge in [0, 0.05) is 10.6 Å². The van der Waals surface area contributed by atoms with Crippen LogP contribution in [0.4, 0.5) is 45.2 Å². The van der Waals surface area contributed by atoms with E-state index in [-0.39, 0.29) is 22.4 Å². The van der Waals surface area contributed by atoms with Gasteiger partial charge in [-0.05, 0) is 35.7 Å². The van der Waals surface area contributed by atoms with Gasteiger partial charge in [0.2, 0.25) is 0 Å². The molecule has 0 saturated heterocycles. The fraction of sp³-hybridized carbons (Fsp3) is 0.350. The van der Waals surface area contributed by atoms with Gasteiger partial charge in [0.15, 0.2) is 10.0 Å². The van der Waals surface area contributed by atoms with Crippen molar-refractivity contribution in [3.8, 4) is 0 Å². The Kier molecular flexibility index (Phi) is 8.50. The number of hydrogen-bond acceptors (Lipinski definition) is 4. The first-order chi connectivity index (χ1) is 16.2. The van der Waals surface area contributed by atoms with E-state index in [2.05, 4.69) is 9.88 Å². The number of benzene rings is 2. The number of hydrogen-bond donors (Lipinski definition) is 0. The Morgan fingerprint density at radius 3 is 2.08 bits per heavy atom. The zero-order chi connectivity index (χ0) is 27.7. The van der Waals surface area contributed by atoms with Crippen molar-refractivity contribution < 1.29 is 52.8 Å². The topological polar surface area (TPSA) is 69.8 Å². The van der Waals surface area contributed by atoms with E-state index in [0.29, 0.717) is 12.1 Å². The van der Waals surface area contributed by atoms with Crippen LogP contribution in [-0.4, -0.2) is 19.6 Å². The zero-order valence-electron chi connectivity index (χ0n) is 18.1. The summed E-state index contributed by atoms with van der Waals surface area (Å²) in [5, 5.41) is 3.54. The van der Waals surface area contributed by atoms with Crippen LogP contribution in [0.1, 0.15) is 36.1 Å². The largest absolute Gasteiger partial charge is 0.569 e. The molecule has 2 aromatic rings. The maximum Gasteiger partial charge on any atom is 0.483 e. The molecule has 0 aromatic heterocycles. The Morgan fingerprint density at radius 2 is 1.58 bits per heavy atom. The Bertz CT molecular complexity index is 1240. The molecule has 0 fully saturated rings. The van der Waals surface area contributed by atoms with Gasteiger partial charge in [0.05, 0.1) is 16.8 Å². The fourth-order valence-electron chi connectivity index (χ4n) is 2.75. The maximum atomic E-state index is 13.3. The summed E-state index contributed by atoms with van der Waals surface area (Å²) < 4.78 is 143. The number of rotatable bonds is 7. The molecule has 0 saturated carbocycles. The monoisotopic (exact) mass is 569 g/mol. The Labute approximate surface area is 203 Å². The van der Waals surface area contributed by atoms with Crippen molar-refractivity contribution in [2.75, 3.05) is 0 Å². The summed E-state index contributed by atoms with van der Waals surface area (Å²) in [6.45, 7) is 1.92. The van der Waals surface area contributed by atoms with Crippen molar-refractivity contribution in [3.63, 3.8) is 0 Å². The first-order valence-corrected chi connectivity index (χ1v) is 11.4. The predicted octanol–water partition coefficient (Wildman–Crippen LogP) is 7.81. The van der Waals surface area contributed by atoms with Gasteiger partial charge >= 0.3 is 17.9 Å². The summed E-state index contributed by atoms with van der Waals surface area (Å²) >= 11 is 5.85. The van der Waals surface area contributed by atoms with Gasteiger partial charge in [0.1, 0.15) is 6.61 Å². The highest BCUT2D eigenvalue weighted by atomic mass is 35.5. The van der Waals surface area contributed by atoms with Crippen molar-refractivity contribution >= 4 is 33.0 Å². The molecule has 5 nitrogen and oxygen atoms in total. The molecule has 2 rings (SSSR count). The highest BCUT2D eigenvalue weighted by Gasteiger charge is 2.40. The molecular weight excluding hydrogens is 555 g/mol. The second-order valence-corrected chi connectivity index (χ2v) is 9.48. The third-order valence-electron chi connectivity index (χ3n) is 4.42. The lowest BCUT2D eigenvalue weighted by molar-refractivity contribution is -0.143. The fourth-order valence-corrected chi connectivity index (χ4v) is 3.45. The third-order valence-corrected chi connectivity index (χ3v) is 5.68. The third kappa shape index (κ3) is 7.18. The molecule has 0 amide bonds. The lowest BCUT2D eigenvalue weighted by atomic mass is 9.99. The summed E-state index contributed by atoms with van der Waals surface area (Å²) in [5.41, 5.74) is -10.9. The number of alkyl halides is 9. The summed E-state index contributed by atoms with van der Waals surface area (Å²) in [7, 11) is -5.98. The Morgan fingerprint density at radius 1 is 0.972 bits per heavy atom. The van der Waals surface area contributed by atoms with Gasteiger partial charge in [-0.3, -0.25) is 0 Å². The van der Waals surface area contributed by atoms with E-state index in [1.165, 1.54) is 13.8 Å². The number of halogens is 10. The molecule has 0 bridgehead atoms. The predicted molar refractivity (Wildman–Crippen MR) is 112 cm³/mol. The molecule has 200 valence electrons. The zero-order valence-corrected chi connectivity index (χ0v) is 19.6. The number of oxime groups is 1. The second kappa shape index (κ2) is 10.4. The van der Waals surface area contributed by atoms with Crippen molar-refractivity contribution in [1.82, 2.24) is 0 Å². The van der Waals surface area contributed by atoms with Crippen LogP contribution in [0.5, 0.6) is 0 Å². The highest BCUT2D eigenvalue weighted by molar-refractivity contribution is 7.95. The van der Waals surface area contributed by atoms with Crippen LogP contribution in [0.3, 0.4) is 0 Å². The number of nitrogens with zero attached hydrogens (tertiary/aromatic N) is 2. The van der Waals surface area contributed by atoms with Crippen LogP contribution in [-0.2, 0) is 33.8 Å². The first-order valence-electron chi connectivity index (χ1n) is 9.55. The molecule has 36 heavy (non-hydrogen) atoms. The molecule has 0 aliphatic carbocycles. The van der Waals surface area contributed by atoms with Crippen LogP contribution in [0.25, 0.3) is 4.72 Å². The van der Waals surface area contributed by atoms with Crippen LogP contribution < -0.4 is 0 Å². The molecule has 0 spiro atoms. The van der Waals surface area contributed by atoms with Crippen LogP contribution in [0.2, 0.25) is 5.02 Å². The van der Waals surface area contributed by atoms with Crippen molar-refractivity contribution in [1.29, 1.82) is 0 Å². The summed E-state index contributed by atoms with van der Waals surface area (Å²) in [4.78, 5) is 4.90. The average Bonchev–Trinajstić information content (AvgIpc) is 2.70. The SMILES string of the molecule is CC(C)C(=NOCc1ccc(C(F)(F)F)cc1C(F)(F)F)c1cc(Cl)ccc1[N-]S(=O)(=O)C(F)(F)F. The standard InChI is InChI=1S/C20H15ClF9N2O3S/c1-10(2)17(14-8-13(21)5-6-16(14)32-36(33,34)20(28,29)30)31-35-9-11-3-4-12(18(22,23)24)7-15(11)19(25,26)27/h3-8,10H,9H2,1-2H3/q-1. The van der Waals surface area contributed by atoms with Crippen LogP contribution >= 0.6 is 11.6 Å². The van der Waals surface area contributed by atoms with E-state index < -0.39 is 62.8 Å². The quantitative estimate of drug-likeness (QED) is 0.194. The smallest absolute Gasteiger partial charge is 0.483 e. The lowest BCUT2D eigenvalue weighted by Crippen LogP contribution is -2.21. The van der Waals surface area contributed by atoms with Crippen molar-refractivity contribution in [3.05, 3.63) is 68.4 Å². The normalized spacial score (nSPS) is 13.8. The number of sulfonamides is 1. The molecule has 0 aliphatic rings. The maximum absolute atomic E-state index is 13.3. The molecule has 0 aliphatic heterocycles. The van der Waals surface area contributed by atoms with E-state index in [4.69, 9.17) is 16.4 Å². The minimum atomic E-state index is -5.98. The van der Waals surface area contributed by atoms with Gasteiger partial charge < -0.3 is 9.56 Å². The average molecular weight is 570 g/mol. The molecule has 0 heterocycles. The Hall–Kier alpha value is -2.68. The first kappa shape index (κ1) is 29.5. The van der Waals surface area contributed by atoms with Crippen molar-refractivity contribution in [2.24, 2.45) is 11.1 Å². The van der Waals surface area contributed by atoms with Crippen LogP contribution in [0, 0.1) is 5.92 Å². The minimum Gasteiger partial charge on any atom is -0.569 e. The molecule has 0 unspecified atom stereocenters. The minimum absolute atomic E-state index is 0.0659. The van der Waals surface area contributed by atoms with E-state index >= 15 is 0 Å². The highest BCUT2D eigenvalue weighted by Crippen LogP contribution is 2.39. The van der Waals surface area contributed by atoms with Gasteiger partial charge in [-0.2, -0.15) is 39.5 Å². The van der Waals surface area contributed by atoms with E-state index in [9.17, 15) is 47.9 Å². The molecule has 0 N–H and O–H groups in total. The molecule has 0 atom stereocenters. The summed E-state index contributed by atoms with van der Waals surface area (Å²) in [6, 6.07) is 3.79. The van der Waals surface area contributed by atoms with E-state index in [1.807, 2.05) is 0 Å². The van der Waals surface area contributed by atoms with Crippen LogP contribution in [0.15, 0.2) is 41.6 Å². The molecule has 2 aromatic carbocycles. The van der Waals surface area contributed by atoms with E-state index in [1.54, 1.807) is 0 Å². The van der Waals surface area contributed by atoms with Gasteiger partial charge in [0.25, 0.3) is 0 Å². The summed E-state index contributed by atoms with van der Waals surface area (Å²) in [6.07, 6.45) is -10.2. The second-order valence-electron chi connectivity index (χ2n) is 7.45. The molecule has 16 heteroatoms. The van der Waals surface area contributed by atoms with Gasteiger partial charge in [-0.1, -0.05) is 42.7 Å². The Balaban J connectivity index is 2.47. The van der Waals surface area contributed by atoms with Crippen molar-refractivity contribution in [2.45, 2.75) is 38.3 Å². The molecule has 0 radical (unpaired) electrons. The lowest BCUT2D eigenvalue weighted by Gasteiger charge is -2.27. The van der Waals surface area contributed by atoms with Gasteiger partial charge in [-0.25, -0.2) is 8.42 Å². The summed E-state index contributed by atoms with van der Waals surface area (Å²) in [5.74, 6) is -0.708. The van der Waals surface area contributed by atoms with Gasteiger partial charge in [-0.15, -0.1) is 5.69 Å².